The van der Waals surface area contributed by atoms with Crippen molar-refractivity contribution < 1.29 is 14.3 Å². The molecule has 8 rings (SSSR count). The lowest BCUT2D eigenvalue weighted by atomic mass is 9.62. The van der Waals surface area contributed by atoms with E-state index in [1.54, 1.807) is 0 Å². The summed E-state index contributed by atoms with van der Waals surface area (Å²) in [5.41, 5.74) is 0.128. The molecule has 8 aliphatic rings. The fourth-order valence-electron chi connectivity index (χ4n) is 11.9. The quantitative estimate of drug-likeness (QED) is 0.723. The minimum absolute atomic E-state index is 0.0455. The van der Waals surface area contributed by atoms with Gasteiger partial charge in [0.2, 0.25) is 0 Å². The Bertz CT molecular complexity index is 763. The van der Waals surface area contributed by atoms with Gasteiger partial charge in [-0.15, -0.1) is 0 Å². The SMILES string of the molecule is CC(=O)[C@]1(C)[C@@H]2[C@H]3[C@@H]4[C@@H]1[C@@H]1CC[C@H]5O[C@H]6O[C@@H]7CC[C@H]([C@@H]27)[C@@H]3[C@@]6(C)[C@@H]4[C@H]15. The highest BCUT2D eigenvalue weighted by molar-refractivity contribution is 5.84. The third kappa shape index (κ3) is 1.08. The van der Waals surface area contributed by atoms with Crippen molar-refractivity contribution in [2.24, 2.45) is 70.0 Å². The van der Waals surface area contributed by atoms with E-state index in [1.807, 2.05) is 6.92 Å². The smallest absolute Gasteiger partial charge is 0.164 e. The predicted molar refractivity (Wildman–Crippen MR) is 93.8 cm³/mol. The van der Waals surface area contributed by atoms with E-state index in [0.717, 1.165) is 41.4 Å². The fourth-order valence-corrected chi connectivity index (χ4v) is 11.9. The maximum absolute atomic E-state index is 13.3. The molecule has 2 saturated heterocycles. The van der Waals surface area contributed by atoms with E-state index >= 15 is 0 Å². The molecule has 8 fully saturated rings. The van der Waals surface area contributed by atoms with Crippen LogP contribution < -0.4 is 0 Å². The molecule has 4 bridgehead atoms. The van der Waals surface area contributed by atoms with E-state index in [9.17, 15) is 4.79 Å². The van der Waals surface area contributed by atoms with Crippen LogP contribution in [0.1, 0.15) is 46.5 Å². The second-order valence-electron chi connectivity index (χ2n) is 11.8. The maximum Gasteiger partial charge on any atom is 0.164 e. The normalized spacial score (nSPS) is 75.4. The number of hydrogen-bond donors (Lipinski definition) is 0. The minimum atomic E-state index is -0.0932. The Morgan fingerprint density at radius 2 is 1.35 bits per heavy atom. The third-order valence-corrected chi connectivity index (χ3v) is 12.0. The molecule has 26 heavy (non-hydrogen) atoms. The van der Waals surface area contributed by atoms with Crippen LogP contribution in [0.15, 0.2) is 0 Å². The number of fused-ring (bicyclic) bond motifs is 1. The van der Waals surface area contributed by atoms with Gasteiger partial charge in [-0.2, -0.15) is 0 Å². The van der Waals surface area contributed by atoms with Crippen molar-refractivity contribution in [2.45, 2.75) is 65.0 Å². The Balaban J connectivity index is 1.47. The molecule has 0 N–H and O–H groups in total. The first-order valence-corrected chi connectivity index (χ1v) is 11.3. The monoisotopic (exact) mass is 354 g/mol. The Morgan fingerprint density at radius 3 is 2.00 bits per heavy atom. The van der Waals surface area contributed by atoms with Gasteiger partial charge in [-0.1, -0.05) is 13.8 Å². The number of ether oxygens (including phenoxy) is 2. The van der Waals surface area contributed by atoms with Gasteiger partial charge in [0.15, 0.2) is 6.29 Å². The number of ketones is 1. The fraction of sp³-hybridized carbons (Fsp3) is 0.957. The van der Waals surface area contributed by atoms with Crippen LogP contribution in [0, 0.1) is 70.0 Å². The van der Waals surface area contributed by atoms with Crippen LogP contribution in [0.3, 0.4) is 0 Å². The third-order valence-electron chi connectivity index (χ3n) is 12.0. The van der Waals surface area contributed by atoms with Crippen LogP contribution in [0.25, 0.3) is 0 Å². The molecule has 3 nitrogen and oxygen atoms in total. The largest absolute Gasteiger partial charge is 0.349 e. The summed E-state index contributed by atoms with van der Waals surface area (Å²) in [5, 5.41) is 0. The molecule has 6 aliphatic carbocycles. The van der Waals surface area contributed by atoms with Gasteiger partial charge in [0.05, 0.1) is 12.2 Å². The molecule has 0 aromatic carbocycles. The highest BCUT2D eigenvalue weighted by Crippen LogP contribution is 2.87. The summed E-state index contributed by atoms with van der Waals surface area (Å²) >= 11 is 0. The van der Waals surface area contributed by atoms with Gasteiger partial charge in [0.25, 0.3) is 0 Å². The molecule has 0 radical (unpaired) electrons. The summed E-state index contributed by atoms with van der Waals surface area (Å²) in [6, 6.07) is 0. The lowest BCUT2D eigenvalue weighted by molar-refractivity contribution is -0.302. The Labute approximate surface area is 155 Å². The van der Waals surface area contributed by atoms with Crippen molar-refractivity contribution in [1.29, 1.82) is 0 Å². The average Bonchev–Trinajstić information content (AvgIpc) is 3.32. The summed E-state index contributed by atoms with van der Waals surface area (Å²) in [6.45, 7) is 6.89. The molecule has 3 heteroatoms. The van der Waals surface area contributed by atoms with Gasteiger partial charge in [0, 0.05) is 10.8 Å². The Hall–Kier alpha value is -0.410. The van der Waals surface area contributed by atoms with E-state index in [2.05, 4.69) is 13.8 Å². The van der Waals surface area contributed by atoms with Crippen molar-refractivity contribution in [1.82, 2.24) is 0 Å². The molecule has 0 aromatic rings. The van der Waals surface area contributed by atoms with Crippen LogP contribution in [0.4, 0.5) is 0 Å². The number of carbonyl (C=O) groups is 1. The number of hydrogen-bond acceptors (Lipinski definition) is 3. The zero-order valence-electron chi connectivity index (χ0n) is 16.1. The van der Waals surface area contributed by atoms with Crippen LogP contribution in [-0.4, -0.2) is 24.3 Å². The summed E-state index contributed by atoms with van der Waals surface area (Å²) < 4.78 is 13.6. The van der Waals surface area contributed by atoms with E-state index in [1.165, 1.54) is 25.7 Å². The molecule has 2 aliphatic heterocycles. The van der Waals surface area contributed by atoms with E-state index in [4.69, 9.17) is 9.47 Å². The minimum Gasteiger partial charge on any atom is -0.349 e. The molecular weight excluding hydrogens is 324 g/mol. The molecule has 0 unspecified atom stereocenters. The summed E-state index contributed by atoms with van der Waals surface area (Å²) in [7, 11) is 0. The van der Waals surface area contributed by atoms with Crippen molar-refractivity contribution in [3.8, 4) is 0 Å². The van der Waals surface area contributed by atoms with Crippen molar-refractivity contribution in [3.63, 3.8) is 0 Å². The van der Waals surface area contributed by atoms with E-state index in [-0.39, 0.29) is 17.1 Å². The van der Waals surface area contributed by atoms with Gasteiger partial charge in [-0.05, 0) is 91.8 Å². The predicted octanol–water partition coefficient (Wildman–Crippen LogP) is 3.52. The number of carbonyl (C=O) groups excluding carboxylic acids is 1. The molecule has 0 amide bonds. The summed E-state index contributed by atoms with van der Waals surface area (Å²) in [5.74, 6) is 7.74. The van der Waals surface area contributed by atoms with Crippen LogP contribution in [-0.2, 0) is 14.3 Å². The first-order chi connectivity index (χ1) is 12.5. The molecule has 0 aromatic heterocycles. The lowest BCUT2D eigenvalue weighted by Crippen LogP contribution is -2.55. The molecular formula is C23H30O3. The summed E-state index contributed by atoms with van der Waals surface area (Å²) in [4.78, 5) is 13.3. The highest BCUT2D eigenvalue weighted by Gasteiger charge is 2.87. The van der Waals surface area contributed by atoms with Gasteiger partial charge in [-0.3, -0.25) is 4.79 Å². The van der Waals surface area contributed by atoms with Gasteiger partial charge < -0.3 is 9.47 Å². The van der Waals surface area contributed by atoms with Gasteiger partial charge in [-0.25, -0.2) is 0 Å². The van der Waals surface area contributed by atoms with Crippen LogP contribution in [0.2, 0.25) is 0 Å². The van der Waals surface area contributed by atoms with Crippen molar-refractivity contribution in [3.05, 3.63) is 0 Å². The van der Waals surface area contributed by atoms with Crippen molar-refractivity contribution >= 4 is 5.78 Å². The van der Waals surface area contributed by atoms with Crippen molar-refractivity contribution in [2.75, 3.05) is 0 Å². The molecule has 15 atom stereocenters. The average molecular weight is 354 g/mol. The van der Waals surface area contributed by atoms with Crippen LogP contribution in [0.5, 0.6) is 0 Å². The second kappa shape index (κ2) is 3.85. The second-order valence-corrected chi connectivity index (χ2v) is 11.8. The zero-order valence-corrected chi connectivity index (χ0v) is 16.1. The zero-order chi connectivity index (χ0) is 17.3. The summed E-state index contributed by atoms with van der Waals surface area (Å²) in [6.07, 6.45) is 5.85. The van der Waals surface area contributed by atoms with E-state index in [0.29, 0.717) is 35.7 Å². The van der Waals surface area contributed by atoms with Gasteiger partial charge in [0.1, 0.15) is 5.78 Å². The topological polar surface area (TPSA) is 35.5 Å². The number of Topliss-reactive ketones (excluding diaryl/α,β-unsaturated/α-hetero) is 1. The van der Waals surface area contributed by atoms with E-state index < -0.39 is 0 Å². The van der Waals surface area contributed by atoms with Crippen LogP contribution >= 0.6 is 0 Å². The maximum atomic E-state index is 13.3. The molecule has 6 saturated carbocycles. The first-order valence-electron chi connectivity index (χ1n) is 11.3. The molecule has 140 valence electrons. The lowest BCUT2D eigenvalue weighted by Gasteiger charge is -2.52. The van der Waals surface area contributed by atoms with Gasteiger partial charge >= 0.3 is 0 Å². The number of rotatable bonds is 1. The molecule has 2 heterocycles. The first kappa shape index (κ1) is 14.6. The standard InChI is InChI=1S/C23H30O3/c1-8(24)22(2)17-9-4-6-12-14(9)20-15(17)16-18-10-5-7-11(13(10)19(16)22)25-21(26-12)23(18,20)3/h9-21H,4-7H2,1-3H3/t9-,10-,11-,12-,13-,14-,15-,16+,17+,18+,19+,20-,21-,22+,23+/m1/s1. The molecule has 0 spiro atoms. The Morgan fingerprint density at radius 1 is 0.769 bits per heavy atom. The Kier molecular flexibility index (Phi) is 2.16. The highest BCUT2D eigenvalue weighted by atomic mass is 16.7.